The number of para-hydroxylation sites is 1. The predicted molar refractivity (Wildman–Crippen MR) is 139 cm³/mol. The normalized spacial score (nSPS) is 14.9. The van der Waals surface area contributed by atoms with Crippen molar-refractivity contribution in [2.45, 2.75) is 12.3 Å². The van der Waals surface area contributed by atoms with Crippen molar-refractivity contribution < 1.29 is 8.42 Å². The number of benzene rings is 2. The molecule has 1 aliphatic rings. The summed E-state index contributed by atoms with van der Waals surface area (Å²) in [6.45, 7) is 3.98. The first-order chi connectivity index (χ1) is 14.4. The van der Waals surface area contributed by atoms with Gasteiger partial charge in [-0.25, -0.2) is 13.1 Å². The fourth-order valence-corrected chi connectivity index (χ4v) is 4.52. The van der Waals surface area contributed by atoms with E-state index in [4.69, 9.17) is 11.6 Å². The van der Waals surface area contributed by atoms with Crippen LogP contribution in [0.25, 0.3) is 0 Å². The smallest absolute Gasteiger partial charge is 0.215 e. The summed E-state index contributed by atoms with van der Waals surface area (Å²) in [5.74, 6) is 0.804. The van der Waals surface area contributed by atoms with Crippen LogP contribution in [-0.4, -0.2) is 59.6 Å². The maximum Gasteiger partial charge on any atom is 0.215 e. The topological polar surface area (TPSA) is 77.0 Å². The molecule has 0 spiro atoms. The van der Waals surface area contributed by atoms with Crippen LogP contribution in [0.5, 0.6) is 0 Å². The van der Waals surface area contributed by atoms with Crippen LogP contribution in [0.4, 0.5) is 5.69 Å². The Balaban J connectivity index is 0.00000341. The molecule has 0 radical (unpaired) electrons. The van der Waals surface area contributed by atoms with E-state index in [1.165, 1.54) is 7.05 Å². The van der Waals surface area contributed by atoms with E-state index in [1.807, 2.05) is 48.5 Å². The average molecular weight is 578 g/mol. The maximum absolute atomic E-state index is 11.8. The SMILES string of the molecule is CN=C(NCc1cccc(CS(=O)(=O)NC)c1)N1CCN(c2ccccc2Cl)CC1.I. The van der Waals surface area contributed by atoms with E-state index < -0.39 is 10.0 Å². The Morgan fingerprint density at radius 1 is 1.06 bits per heavy atom. The Bertz CT molecular complexity index is 995. The Morgan fingerprint density at radius 2 is 1.74 bits per heavy atom. The Morgan fingerprint density at radius 3 is 2.39 bits per heavy atom. The van der Waals surface area contributed by atoms with Crippen LogP contribution in [0, 0.1) is 0 Å². The number of nitrogens with one attached hydrogen (secondary N) is 2. The zero-order valence-electron chi connectivity index (χ0n) is 17.7. The first-order valence-corrected chi connectivity index (χ1v) is 11.9. The summed E-state index contributed by atoms with van der Waals surface area (Å²) in [7, 11) is -0.0868. The summed E-state index contributed by atoms with van der Waals surface area (Å²) in [6, 6.07) is 15.5. The summed E-state index contributed by atoms with van der Waals surface area (Å²) in [4.78, 5) is 8.93. The maximum atomic E-state index is 11.8. The number of anilines is 1. The van der Waals surface area contributed by atoms with Gasteiger partial charge in [0.05, 0.1) is 16.5 Å². The van der Waals surface area contributed by atoms with Crippen LogP contribution in [0.15, 0.2) is 53.5 Å². The molecule has 7 nitrogen and oxygen atoms in total. The molecule has 2 aromatic rings. The first kappa shape index (κ1) is 25.7. The van der Waals surface area contributed by atoms with Gasteiger partial charge in [0, 0.05) is 39.8 Å². The van der Waals surface area contributed by atoms with Gasteiger partial charge in [-0.1, -0.05) is 48.0 Å². The molecule has 0 aliphatic carbocycles. The van der Waals surface area contributed by atoms with Crippen LogP contribution in [0.2, 0.25) is 5.02 Å². The standard InChI is InChI=1S/C21H28ClN5O2S.HI/c1-23-21(25-15-17-6-5-7-18(14-17)16-30(28,29)24-2)27-12-10-26(11-13-27)20-9-4-3-8-19(20)22;/h3-9,14,24H,10-13,15-16H2,1-2H3,(H,23,25);1H. The second-order valence-electron chi connectivity index (χ2n) is 7.11. The second-order valence-corrected chi connectivity index (χ2v) is 9.44. The van der Waals surface area contributed by atoms with Crippen molar-refractivity contribution in [2.24, 2.45) is 4.99 Å². The number of rotatable bonds is 6. The molecule has 1 saturated heterocycles. The zero-order valence-corrected chi connectivity index (χ0v) is 21.6. The van der Waals surface area contributed by atoms with Gasteiger partial charge < -0.3 is 15.1 Å². The number of nitrogens with zero attached hydrogens (tertiary/aromatic N) is 3. The Hall–Kier alpha value is -1.56. The lowest BCUT2D eigenvalue weighted by atomic mass is 10.1. The van der Waals surface area contributed by atoms with E-state index in [1.54, 1.807) is 7.05 Å². The van der Waals surface area contributed by atoms with Crippen molar-refractivity contribution in [2.75, 3.05) is 45.2 Å². The van der Waals surface area contributed by atoms with Crippen LogP contribution < -0.4 is 14.9 Å². The molecule has 31 heavy (non-hydrogen) atoms. The van der Waals surface area contributed by atoms with Crippen LogP contribution in [-0.2, 0) is 22.3 Å². The van der Waals surface area contributed by atoms with Crippen molar-refractivity contribution >= 4 is 57.2 Å². The van der Waals surface area contributed by atoms with Gasteiger partial charge in [-0.05, 0) is 30.3 Å². The fourth-order valence-electron chi connectivity index (χ4n) is 3.50. The molecule has 0 atom stereocenters. The van der Waals surface area contributed by atoms with Crippen LogP contribution >= 0.6 is 35.6 Å². The molecule has 0 amide bonds. The number of halogens is 2. The molecule has 2 aromatic carbocycles. The minimum Gasteiger partial charge on any atom is -0.367 e. The summed E-state index contributed by atoms with van der Waals surface area (Å²) in [6.07, 6.45) is 0. The van der Waals surface area contributed by atoms with Crippen LogP contribution in [0.3, 0.4) is 0 Å². The monoisotopic (exact) mass is 577 g/mol. The van der Waals surface area contributed by atoms with Gasteiger partial charge in [0.15, 0.2) is 5.96 Å². The molecule has 3 rings (SSSR count). The highest BCUT2D eigenvalue weighted by atomic mass is 127. The quantitative estimate of drug-likeness (QED) is 0.314. The third-order valence-corrected chi connectivity index (χ3v) is 6.75. The van der Waals surface area contributed by atoms with Crippen molar-refractivity contribution in [3.8, 4) is 0 Å². The third kappa shape index (κ3) is 7.23. The van der Waals surface area contributed by atoms with Gasteiger partial charge in [-0.15, -0.1) is 24.0 Å². The summed E-state index contributed by atoms with van der Waals surface area (Å²) >= 11 is 6.33. The second kappa shape index (κ2) is 11.9. The van der Waals surface area contributed by atoms with E-state index >= 15 is 0 Å². The number of guanidine groups is 1. The van der Waals surface area contributed by atoms with E-state index in [0.29, 0.717) is 6.54 Å². The molecular weight excluding hydrogens is 549 g/mol. The first-order valence-electron chi connectivity index (χ1n) is 9.86. The van der Waals surface area contributed by atoms with Crippen molar-refractivity contribution in [1.82, 2.24) is 14.9 Å². The lowest BCUT2D eigenvalue weighted by Crippen LogP contribution is -2.52. The zero-order chi connectivity index (χ0) is 21.6. The molecule has 10 heteroatoms. The number of piperazine rings is 1. The molecular formula is C21H29ClIN5O2S. The number of aliphatic imine (C=N–C) groups is 1. The van der Waals surface area contributed by atoms with Gasteiger partial charge in [0.25, 0.3) is 0 Å². The summed E-state index contributed by atoms with van der Waals surface area (Å²) in [5.41, 5.74) is 2.83. The molecule has 0 unspecified atom stereocenters. The van der Waals surface area contributed by atoms with Crippen LogP contribution in [0.1, 0.15) is 11.1 Å². The lowest BCUT2D eigenvalue weighted by molar-refractivity contribution is 0.372. The lowest BCUT2D eigenvalue weighted by Gasteiger charge is -2.38. The van der Waals surface area contributed by atoms with Gasteiger partial charge in [0.2, 0.25) is 10.0 Å². The summed E-state index contributed by atoms with van der Waals surface area (Å²) < 4.78 is 25.9. The molecule has 0 bridgehead atoms. The number of hydrogen-bond acceptors (Lipinski definition) is 4. The highest BCUT2D eigenvalue weighted by Gasteiger charge is 2.21. The number of hydrogen-bond donors (Lipinski definition) is 2. The van der Waals surface area contributed by atoms with Gasteiger partial charge in [-0.3, -0.25) is 4.99 Å². The van der Waals surface area contributed by atoms with Crippen molar-refractivity contribution in [3.05, 3.63) is 64.7 Å². The van der Waals surface area contributed by atoms with Gasteiger partial charge in [-0.2, -0.15) is 0 Å². The van der Waals surface area contributed by atoms with Gasteiger partial charge >= 0.3 is 0 Å². The molecule has 1 fully saturated rings. The van der Waals surface area contributed by atoms with E-state index in [0.717, 1.165) is 54.0 Å². The highest BCUT2D eigenvalue weighted by Crippen LogP contribution is 2.26. The van der Waals surface area contributed by atoms with Crippen molar-refractivity contribution in [1.29, 1.82) is 0 Å². The number of sulfonamides is 1. The minimum absolute atomic E-state index is 0. The van der Waals surface area contributed by atoms with E-state index in [-0.39, 0.29) is 29.7 Å². The average Bonchev–Trinajstić information content (AvgIpc) is 2.75. The van der Waals surface area contributed by atoms with E-state index in [2.05, 4.69) is 24.8 Å². The van der Waals surface area contributed by atoms with Gasteiger partial charge in [0.1, 0.15) is 0 Å². The minimum atomic E-state index is -3.29. The Kier molecular flexibility index (Phi) is 9.86. The largest absolute Gasteiger partial charge is 0.367 e. The fraction of sp³-hybridized carbons (Fsp3) is 0.381. The van der Waals surface area contributed by atoms with E-state index in [9.17, 15) is 8.42 Å². The third-order valence-electron chi connectivity index (χ3n) is 5.09. The molecule has 0 saturated carbocycles. The molecule has 1 heterocycles. The Labute approximate surface area is 206 Å². The molecule has 0 aromatic heterocycles. The molecule has 170 valence electrons. The molecule has 1 aliphatic heterocycles. The molecule has 2 N–H and O–H groups in total. The highest BCUT2D eigenvalue weighted by molar-refractivity contribution is 14.0. The summed E-state index contributed by atoms with van der Waals surface area (Å²) in [5, 5.41) is 4.16. The van der Waals surface area contributed by atoms with Crippen molar-refractivity contribution in [3.63, 3.8) is 0 Å². The predicted octanol–water partition coefficient (Wildman–Crippen LogP) is 2.90.